The third kappa shape index (κ3) is 3.51. The molecule has 106 valence electrons. The maximum Gasteiger partial charge on any atom is 0.243 e. The second-order valence-corrected chi connectivity index (χ2v) is 8.41. The van der Waals surface area contributed by atoms with Gasteiger partial charge in [0.15, 0.2) is 0 Å². The Bertz CT molecular complexity index is 566. The number of hydrogen-bond acceptors (Lipinski definition) is 3. The number of benzene rings is 1. The summed E-state index contributed by atoms with van der Waals surface area (Å²) in [6, 6.07) is 3.21. The Kier molecular flexibility index (Phi) is 4.59. The molecular weight excluding hydrogens is 396 g/mol. The van der Waals surface area contributed by atoms with Crippen molar-refractivity contribution in [3.05, 3.63) is 21.1 Å². The van der Waals surface area contributed by atoms with E-state index in [1.165, 1.54) is 0 Å². The summed E-state index contributed by atoms with van der Waals surface area (Å²) in [5, 5.41) is 0. The van der Waals surface area contributed by atoms with Crippen LogP contribution in [0.25, 0.3) is 0 Å². The first kappa shape index (κ1) is 15.3. The van der Waals surface area contributed by atoms with E-state index in [9.17, 15) is 8.42 Å². The van der Waals surface area contributed by atoms with Crippen LogP contribution in [0.4, 0.5) is 5.69 Å². The summed E-state index contributed by atoms with van der Waals surface area (Å²) >= 11 is 6.53. The van der Waals surface area contributed by atoms with Crippen LogP contribution in [-0.4, -0.2) is 14.5 Å². The Labute approximate surface area is 130 Å². The molecule has 1 aliphatic carbocycles. The molecule has 2 unspecified atom stereocenters. The van der Waals surface area contributed by atoms with E-state index in [1.807, 2.05) is 0 Å². The first-order valence-electron chi connectivity index (χ1n) is 6.06. The summed E-state index contributed by atoms with van der Waals surface area (Å²) in [7, 11) is -3.54. The molecule has 0 heterocycles. The van der Waals surface area contributed by atoms with Gasteiger partial charge in [-0.05, 0) is 69.2 Å². The Balaban J connectivity index is 2.30. The van der Waals surface area contributed by atoms with Gasteiger partial charge in [-0.15, -0.1) is 0 Å². The minimum absolute atomic E-state index is 0.0244. The van der Waals surface area contributed by atoms with Crippen molar-refractivity contribution in [1.82, 2.24) is 4.72 Å². The zero-order chi connectivity index (χ0) is 14.2. The number of nitrogens with two attached hydrogens (primary N) is 1. The van der Waals surface area contributed by atoms with Crippen molar-refractivity contribution in [1.29, 1.82) is 0 Å². The number of hydrogen-bond donors (Lipinski definition) is 2. The molecule has 1 fully saturated rings. The van der Waals surface area contributed by atoms with Gasteiger partial charge in [0.05, 0.1) is 0 Å². The van der Waals surface area contributed by atoms with E-state index in [0.29, 0.717) is 20.6 Å². The maximum absolute atomic E-state index is 12.4. The third-order valence-electron chi connectivity index (χ3n) is 3.31. The van der Waals surface area contributed by atoms with Gasteiger partial charge in [-0.1, -0.05) is 6.92 Å². The SMILES string of the molecule is CC1CCC(NS(=O)(=O)c2c(Br)cc(N)cc2Br)C1. The minimum Gasteiger partial charge on any atom is -0.399 e. The number of nitrogens with one attached hydrogen (secondary N) is 1. The summed E-state index contributed by atoms with van der Waals surface area (Å²) in [6.45, 7) is 2.14. The van der Waals surface area contributed by atoms with Crippen molar-refractivity contribution >= 4 is 47.6 Å². The molecule has 1 aromatic carbocycles. The van der Waals surface area contributed by atoms with Crippen molar-refractivity contribution in [2.75, 3.05) is 5.73 Å². The summed E-state index contributed by atoms with van der Waals surface area (Å²) in [5.41, 5.74) is 6.18. The van der Waals surface area contributed by atoms with Crippen LogP contribution >= 0.6 is 31.9 Å². The molecule has 19 heavy (non-hydrogen) atoms. The molecule has 4 nitrogen and oxygen atoms in total. The summed E-state index contributed by atoms with van der Waals surface area (Å²) in [6.07, 6.45) is 2.85. The van der Waals surface area contributed by atoms with Crippen LogP contribution in [0.3, 0.4) is 0 Å². The number of rotatable bonds is 3. The molecule has 3 N–H and O–H groups in total. The van der Waals surface area contributed by atoms with E-state index in [-0.39, 0.29) is 10.9 Å². The van der Waals surface area contributed by atoms with E-state index < -0.39 is 10.0 Å². The molecule has 0 saturated heterocycles. The van der Waals surface area contributed by atoms with Crippen molar-refractivity contribution in [2.24, 2.45) is 5.92 Å². The summed E-state index contributed by atoms with van der Waals surface area (Å²) in [5.74, 6) is 0.575. The molecule has 0 radical (unpaired) electrons. The van der Waals surface area contributed by atoms with Crippen LogP contribution < -0.4 is 10.5 Å². The molecule has 2 atom stereocenters. The standard InChI is InChI=1S/C12H16Br2N2O2S/c1-7-2-3-9(4-7)16-19(17,18)12-10(13)5-8(15)6-11(12)14/h5-7,9,16H,2-4,15H2,1H3. The normalized spacial score (nSPS) is 23.7. The van der Waals surface area contributed by atoms with Crippen LogP contribution in [0.1, 0.15) is 26.2 Å². The van der Waals surface area contributed by atoms with Gasteiger partial charge < -0.3 is 5.73 Å². The van der Waals surface area contributed by atoms with Crippen molar-refractivity contribution in [2.45, 2.75) is 37.1 Å². The molecule has 2 rings (SSSR count). The highest BCUT2D eigenvalue weighted by atomic mass is 79.9. The van der Waals surface area contributed by atoms with Gasteiger partial charge >= 0.3 is 0 Å². The smallest absolute Gasteiger partial charge is 0.243 e. The first-order valence-corrected chi connectivity index (χ1v) is 9.13. The molecule has 0 spiro atoms. The molecule has 1 aliphatic rings. The number of sulfonamides is 1. The van der Waals surface area contributed by atoms with Gasteiger partial charge in [0.1, 0.15) is 4.90 Å². The van der Waals surface area contributed by atoms with Gasteiger partial charge in [0.2, 0.25) is 10.0 Å². The first-order chi connectivity index (χ1) is 8.79. The van der Waals surface area contributed by atoms with Crippen LogP contribution in [0.2, 0.25) is 0 Å². The van der Waals surface area contributed by atoms with E-state index in [4.69, 9.17) is 5.73 Å². The molecule has 0 amide bonds. The molecule has 1 saturated carbocycles. The average Bonchev–Trinajstić information content (AvgIpc) is 2.60. The lowest BCUT2D eigenvalue weighted by molar-refractivity contribution is 0.538. The Morgan fingerprint density at radius 2 is 1.84 bits per heavy atom. The summed E-state index contributed by atoms with van der Waals surface area (Å²) in [4.78, 5) is 0.209. The largest absolute Gasteiger partial charge is 0.399 e. The Morgan fingerprint density at radius 3 is 2.32 bits per heavy atom. The van der Waals surface area contributed by atoms with Crippen molar-refractivity contribution in [3.63, 3.8) is 0 Å². The summed E-state index contributed by atoms with van der Waals surface area (Å²) < 4.78 is 28.6. The molecular formula is C12H16Br2N2O2S. The highest BCUT2D eigenvalue weighted by Gasteiger charge is 2.29. The third-order valence-corrected chi connectivity index (χ3v) is 6.70. The predicted molar refractivity (Wildman–Crippen MR) is 83.4 cm³/mol. The van der Waals surface area contributed by atoms with Crippen LogP contribution in [0, 0.1) is 5.92 Å². The monoisotopic (exact) mass is 410 g/mol. The highest BCUT2D eigenvalue weighted by molar-refractivity contribution is 9.11. The number of halogens is 2. The second-order valence-electron chi connectivity index (χ2n) is 5.05. The fourth-order valence-electron chi connectivity index (χ4n) is 2.43. The lowest BCUT2D eigenvalue weighted by atomic mass is 10.1. The lowest BCUT2D eigenvalue weighted by Crippen LogP contribution is -2.33. The van der Waals surface area contributed by atoms with Crippen molar-refractivity contribution in [3.8, 4) is 0 Å². The van der Waals surface area contributed by atoms with E-state index in [1.54, 1.807) is 12.1 Å². The van der Waals surface area contributed by atoms with E-state index in [2.05, 4.69) is 43.5 Å². The van der Waals surface area contributed by atoms with E-state index >= 15 is 0 Å². The topological polar surface area (TPSA) is 72.2 Å². The van der Waals surface area contributed by atoms with Gasteiger partial charge in [-0.25, -0.2) is 13.1 Å². The van der Waals surface area contributed by atoms with Crippen LogP contribution in [-0.2, 0) is 10.0 Å². The minimum atomic E-state index is -3.54. The average molecular weight is 412 g/mol. The predicted octanol–water partition coefficient (Wildman–Crippen LogP) is 3.26. The van der Waals surface area contributed by atoms with Crippen LogP contribution in [0.5, 0.6) is 0 Å². The van der Waals surface area contributed by atoms with Gasteiger partial charge in [-0.3, -0.25) is 0 Å². The van der Waals surface area contributed by atoms with Crippen molar-refractivity contribution < 1.29 is 8.42 Å². The molecule has 0 aromatic heterocycles. The van der Waals surface area contributed by atoms with Crippen LogP contribution in [0.15, 0.2) is 26.0 Å². The zero-order valence-electron chi connectivity index (χ0n) is 10.5. The lowest BCUT2D eigenvalue weighted by Gasteiger charge is -2.15. The highest BCUT2D eigenvalue weighted by Crippen LogP contribution is 2.33. The van der Waals surface area contributed by atoms with Gasteiger partial charge in [0, 0.05) is 20.7 Å². The molecule has 7 heteroatoms. The van der Waals surface area contributed by atoms with Gasteiger partial charge in [-0.2, -0.15) is 0 Å². The van der Waals surface area contributed by atoms with Gasteiger partial charge in [0.25, 0.3) is 0 Å². The zero-order valence-corrected chi connectivity index (χ0v) is 14.5. The fourth-order valence-corrected chi connectivity index (χ4v) is 6.33. The fraction of sp³-hybridized carbons (Fsp3) is 0.500. The molecule has 0 aliphatic heterocycles. The Hall–Kier alpha value is -0.110. The quantitative estimate of drug-likeness (QED) is 0.749. The van der Waals surface area contributed by atoms with E-state index in [0.717, 1.165) is 19.3 Å². The maximum atomic E-state index is 12.4. The number of nitrogen functional groups attached to an aromatic ring is 1. The number of anilines is 1. The molecule has 0 bridgehead atoms. The second kappa shape index (κ2) is 5.71. The molecule has 1 aromatic rings. The Morgan fingerprint density at radius 1 is 1.26 bits per heavy atom.